The Hall–Kier alpha value is -0.690. The summed E-state index contributed by atoms with van der Waals surface area (Å²) in [5, 5.41) is 0. The molecule has 1 unspecified atom stereocenters. The molecule has 0 N–H and O–H groups in total. The number of allylic oxidation sites excluding steroid dienone is 5. The van der Waals surface area contributed by atoms with Crippen molar-refractivity contribution in [1.29, 1.82) is 0 Å². The second-order valence-corrected chi connectivity index (χ2v) is 30.3. The van der Waals surface area contributed by atoms with Gasteiger partial charge in [0.25, 0.3) is 0 Å². The number of aryl methyl sites for hydroxylation is 2. The molecule has 32 heavy (non-hydrogen) atoms. The molecule has 3 aliphatic rings. The van der Waals surface area contributed by atoms with Crippen molar-refractivity contribution in [2.24, 2.45) is 0 Å². The summed E-state index contributed by atoms with van der Waals surface area (Å²) >= 11 is -3.06. The fourth-order valence-corrected chi connectivity index (χ4v) is 26.7. The van der Waals surface area contributed by atoms with Gasteiger partial charge < -0.3 is 0 Å². The molecule has 0 amide bonds. The van der Waals surface area contributed by atoms with Gasteiger partial charge in [0.05, 0.1) is 0 Å². The Kier molecular flexibility index (Phi) is 6.74. The Balaban J connectivity index is 1.83. The van der Waals surface area contributed by atoms with Crippen molar-refractivity contribution >= 4 is 6.08 Å². The second-order valence-electron chi connectivity index (χ2n) is 11.8. The van der Waals surface area contributed by atoms with Crippen LogP contribution in [0.3, 0.4) is 0 Å². The van der Waals surface area contributed by atoms with Crippen molar-refractivity contribution in [3.8, 4) is 0 Å². The molecule has 0 radical (unpaired) electrons. The van der Waals surface area contributed by atoms with Crippen molar-refractivity contribution < 1.29 is 20.0 Å². The molecular formula is C31H46Hf. The number of hydrogen-bond acceptors (Lipinski definition) is 0. The van der Waals surface area contributed by atoms with Crippen LogP contribution >= 0.6 is 0 Å². The van der Waals surface area contributed by atoms with Crippen LogP contribution in [0.2, 0.25) is 12.5 Å². The topological polar surface area (TPSA) is 0 Å². The molecule has 1 heteroatoms. The number of hydrogen-bond donors (Lipinski definition) is 0. The molecule has 0 aliphatic heterocycles. The number of fused-ring (bicyclic) bond motifs is 2. The molecule has 1 aromatic carbocycles. The van der Waals surface area contributed by atoms with E-state index < -0.39 is 20.0 Å². The molecule has 3 aliphatic carbocycles. The average Bonchev–Trinajstić information content (AvgIpc) is 3.42. The number of benzene rings is 1. The molecule has 1 atom stereocenters. The normalized spacial score (nSPS) is 24.0. The van der Waals surface area contributed by atoms with Gasteiger partial charge in [0, 0.05) is 0 Å². The van der Waals surface area contributed by atoms with Gasteiger partial charge in [-0.25, -0.2) is 0 Å². The van der Waals surface area contributed by atoms with E-state index in [1.807, 2.05) is 0 Å². The van der Waals surface area contributed by atoms with Gasteiger partial charge >= 0.3 is 204 Å². The SMILES string of the molecule is CCCCCCC[C]1([Hf]([CH3])([CH3])[C]2(C)C(C)=C(C)C(C)=C2C)C=Cc2cc3c(cc21)CCC3. The second kappa shape index (κ2) is 8.83. The van der Waals surface area contributed by atoms with Crippen LogP contribution in [0.15, 0.2) is 40.5 Å². The van der Waals surface area contributed by atoms with Crippen molar-refractivity contribution in [3.05, 3.63) is 62.8 Å². The van der Waals surface area contributed by atoms with E-state index in [2.05, 4.69) is 75.2 Å². The maximum atomic E-state index is 2.81. The summed E-state index contributed by atoms with van der Waals surface area (Å²) in [7, 11) is 0. The minimum absolute atomic E-state index is 0.301. The monoisotopic (exact) mass is 598 g/mol. The van der Waals surface area contributed by atoms with E-state index in [0.29, 0.717) is 6.34 Å². The molecule has 0 fully saturated rings. The third kappa shape index (κ3) is 3.38. The van der Waals surface area contributed by atoms with Crippen molar-refractivity contribution in [2.75, 3.05) is 0 Å². The van der Waals surface area contributed by atoms with E-state index in [0.717, 1.165) is 0 Å². The van der Waals surface area contributed by atoms with Gasteiger partial charge in [-0.3, -0.25) is 0 Å². The zero-order valence-corrected chi connectivity index (χ0v) is 25.8. The fourth-order valence-electron chi connectivity index (χ4n) is 7.55. The average molecular weight is 597 g/mol. The molecule has 0 saturated carbocycles. The maximum absolute atomic E-state index is 3.06. The third-order valence-electron chi connectivity index (χ3n) is 10.5. The fraction of sp³-hybridized carbons (Fsp3) is 0.613. The first-order valence-corrected chi connectivity index (χ1v) is 24.1. The first-order chi connectivity index (χ1) is 15.1. The Morgan fingerprint density at radius 1 is 0.844 bits per heavy atom. The summed E-state index contributed by atoms with van der Waals surface area (Å²) in [6.45, 7) is 14.7. The summed E-state index contributed by atoms with van der Waals surface area (Å²) < 4.78 is 6.24. The van der Waals surface area contributed by atoms with E-state index in [9.17, 15) is 0 Å². The molecule has 0 heterocycles. The summed E-state index contributed by atoms with van der Waals surface area (Å²) in [6.07, 6.45) is 17.5. The molecule has 0 spiro atoms. The molecule has 0 nitrogen and oxygen atoms in total. The molecule has 4 rings (SSSR count). The first-order valence-electron chi connectivity index (χ1n) is 13.3. The van der Waals surface area contributed by atoms with E-state index in [1.54, 1.807) is 44.5 Å². The zero-order valence-electron chi connectivity index (χ0n) is 22.2. The number of unbranched alkanes of at least 4 members (excludes halogenated alkanes) is 4. The third-order valence-corrected chi connectivity index (χ3v) is 32.7. The Morgan fingerprint density at radius 3 is 2.06 bits per heavy atom. The van der Waals surface area contributed by atoms with Crippen LogP contribution in [0.5, 0.6) is 0 Å². The van der Waals surface area contributed by atoms with Crippen LogP contribution in [0.1, 0.15) is 109 Å². The molecule has 0 bridgehead atoms. The first kappa shape index (κ1) is 24.4. The summed E-state index contributed by atoms with van der Waals surface area (Å²) in [6, 6.07) is 5.28. The minimum atomic E-state index is -3.06. The molecule has 0 aromatic heterocycles. The predicted octanol–water partition coefficient (Wildman–Crippen LogP) is 9.87. The van der Waals surface area contributed by atoms with Crippen LogP contribution in [0, 0.1) is 0 Å². The summed E-state index contributed by atoms with van der Waals surface area (Å²) in [4.78, 5) is 0. The Labute approximate surface area is 203 Å². The molecule has 1 aromatic rings. The van der Waals surface area contributed by atoms with Crippen LogP contribution in [-0.2, 0) is 36.0 Å². The molecule has 174 valence electrons. The summed E-state index contributed by atoms with van der Waals surface area (Å²) in [5.41, 5.74) is 13.1. The van der Waals surface area contributed by atoms with Gasteiger partial charge in [-0.1, -0.05) is 0 Å². The van der Waals surface area contributed by atoms with E-state index in [1.165, 1.54) is 57.8 Å². The van der Waals surface area contributed by atoms with Gasteiger partial charge in [0.2, 0.25) is 0 Å². The van der Waals surface area contributed by atoms with Crippen LogP contribution in [0.25, 0.3) is 6.08 Å². The van der Waals surface area contributed by atoms with Gasteiger partial charge in [-0.2, -0.15) is 0 Å². The van der Waals surface area contributed by atoms with Gasteiger partial charge in [-0.15, -0.1) is 0 Å². The van der Waals surface area contributed by atoms with Crippen LogP contribution in [-0.4, -0.2) is 0 Å². The standard InChI is InChI=1S/C19H25.C10H15.2CH3.Hf/c1-2-3-4-5-6-8-15-11-12-18-13-16-9-7-10-17(16)14-19(15)18;1-6-7(2)9(4)10(5)8(6)3;;;/h11-14H,2-10H2,1H3;1-5H3;2*1H3;. The van der Waals surface area contributed by atoms with Gasteiger partial charge in [0.15, 0.2) is 0 Å². The molecule has 0 saturated heterocycles. The predicted molar refractivity (Wildman–Crippen MR) is 139 cm³/mol. The van der Waals surface area contributed by atoms with Gasteiger partial charge in [-0.05, 0) is 0 Å². The van der Waals surface area contributed by atoms with Gasteiger partial charge in [0.1, 0.15) is 0 Å². The Morgan fingerprint density at radius 2 is 1.44 bits per heavy atom. The van der Waals surface area contributed by atoms with Crippen molar-refractivity contribution in [2.45, 2.75) is 115 Å². The molecular weight excluding hydrogens is 551 g/mol. The van der Waals surface area contributed by atoms with E-state index in [4.69, 9.17) is 0 Å². The van der Waals surface area contributed by atoms with Crippen LogP contribution in [0.4, 0.5) is 0 Å². The quantitative estimate of drug-likeness (QED) is 0.207. The number of rotatable bonds is 8. The van der Waals surface area contributed by atoms with Crippen molar-refractivity contribution in [1.82, 2.24) is 0 Å². The van der Waals surface area contributed by atoms with E-state index in [-0.39, 0.29) is 0 Å². The van der Waals surface area contributed by atoms with E-state index >= 15 is 0 Å². The van der Waals surface area contributed by atoms with Crippen LogP contribution < -0.4 is 0 Å². The Bertz CT molecular complexity index is 976. The zero-order chi connectivity index (χ0) is 23.3. The summed E-state index contributed by atoms with van der Waals surface area (Å²) in [5.74, 6) is 0. The van der Waals surface area contributed by atoms with Crippen molar-refractivity contribution in [3.63, 3.8) is 0 Å².